The molecule has 0 radical (unpaired) electrons. The first kappa shape index (κ1) is 9.96. The van der Waals surface area contributed by atoms with Crippen LogP contribution in [0, 0.1) is 0 Å². The summed E-state index contributed by atoms with van der Waals surface area (Å²) >= 11 is 0. The Morgan fingerprint density at radius 2 is 2.14 bits per heavy atom. The molecule has 0 saturated carbocycles. The molecule has 14 heavy (non-hydrogen) atoms. The van der Waals surface area contributed by atoms with Gasteiger partial charge in [-0.25, -0.2) is 9.98 Å². The largest absolute Gasteiger partial charge is 0.370 e. The van der Waals surface area contributed by atoms with Crippen LogP contribution in [0.15, 0.2) is 22.6 Å². The molecule has 0 amide bonds. The smallest absolute Gasteiger partial charge is 0.218 e. The lowest BCUT2D eigenvalue weighted by Gasteiger charge is -1.96. The van der Waals surface area contributed by atoms with Gasteiger partial charge in [-0.15, -0.1) is 0 Å². The zero-order valence-electron chi connectivity index (χ0n) is 7.54. The number of aliphatic imine (C=N–C) groups is 2. The van der Waals surface area contributed by atoms with Crippen LogP contribution in [0.4, 0.5) is 0 Å². The first-order chi connectivity index (χ1) is 6.68. The lowest BCUT2D eigenvalue weighted by Crippen LogP contribution is -2.26. The summed E-state index contributed by atoms with van der Waals surface area (Å²) in [6.07, 6.45) is 3.04. The second kappa shape index (κ2) is 4.80. The Balaban J connectivity index is 2.37. The van der Waals surface area contributed by atoms with Crippen LogP contribution in [0.5, 0.6) is 0 Å². The van der Waals surface area contributed by atoms with Crippen LogP contribution in [0.1, 0.15) is 0 Å². The monoisotopic (exact) mass is 196 g/mol. The van der Waals surface area contributed by atoms with Gasteiger partial charge in [0.1, 0.15) is 12.7 Å². The lowest BCUT2D eigenvalue weighted by atomic mass is 10.6. The van der Waals surface area contributed by atoms with Gasteiger partial charge >= 0.3 is 0 Å². The summed E-state index contributed by atoms with van der Waals surface area (Å²) in [5.74, 6) is -0.0443. The summed E-state index contributed by atoms with van der Waals surface area (Å²) in [7, 11) is 0. The maximum atomic E-state index is 5.37. The molecule has 1 heterocycles. The van der Waals surface area contributed by atoms with Crippen LogP contribution < -0.4 is 17.2 Å². The molecule has 1 rings (SSSR count). The summed E-state index contributed by atoms with van der Waals surface area (Å²) in [4.78, 5) is 11.2. The van der Waals surface area contributed by atoms with Crippen molar-refractivity contribution in [3.63, 3.8) is 0 Å². The molecule has 1 aromatic heterocycles. The average Bonchev–Trinajstić information content (AvgIpc) is 2.55. The second-order valence-electron chi connectivity index (χ2n) is 2.44. The highest BCUT2D eigenvalue weighted by Crippen LogP contribution is 1.82. The molecule has 0 aliphatic heterocycles. The van der Waals surface area contributed by atoms with E-state index < -0.39 is 0 Å². The van der Waals surface area contributed by atoms with Crippen LogP contribution in [0.3, 0.4) is 0 Å². The fraction of sp³-hybridized carbons (Fsp3) is 0.333. The molecule has 0 atom stereocenters. The van der Waals surface area contributed by atoms with Crippen molar-refractivity contribution in [1.82, 2.24) is 14.8 Å². The number of hydrogen-bond acceptors (Lipinski definition) is 3. The number of hydrogen-bond donors (Lipinski definition) is 3. The fourth-order valence-electron chi connectivity index (χ4n) is 0.783. The maximum Gasteiger partial charge on any atom is 0.218 e. The number of aromatic nitrogens is 3. The Hall–Kier alpha value is -2.12. The molecule has 0 aliphatic carbocycles. The first-order valence-electron chi connectivity index (χ1n) is 3.90. The number of nitrogens with zero attached hydrogens (tertiary/aromatic N) is 5. The third kappa shape index (κ3) is 3.52. The first-order valence-corrected chi connectivity index (χ1v) is 3.90. The van der Waals surface area contributed by atoms with E-state index in [1.165, 1.54) is 6.33 Å². The minimum Gasteiger partial charge on any atom is -0.370 e. The van der Waals surface area contributed by atoms with Gasteiger partial charge in [0.05, 0.1) is 13.1 Å². The van der Waals surface area contributed by atoms with Gasteiger partial charge in [-0.1, -0.05) is 0 Å². The van der Waals surface area contributed by atoms with Crippen molar-refractivity contribution in [1.29, 1.82) is 0 Å². The van der Waals surface area contributed by atoms with Crippen LogP contribution in [-0.4, -0.2) is 33.2 Å². The Bertz CT molecular complexity index is 320. The molecule has 0 bridgehead atoms. The minimum absolute atomic E-state index is 0.0603. The van der Waals surface area contributed by atoms with E-state index in [2.05, 4.69) is 20.1 Å². The summed E-state index contributed by atoms with van der Waals surface area (Å²) in [5, 5.41) is 3.88. The minimum atomic E-state index is -0.105. The molecule has 0 unspecified atom stereocenters. The van der Waals surface area contributed by atoms with Gasteiger partial charge in [0, 0.05) is 0 Å². The lowest BCUT2D eigenvalue weighted by molar-refractivity contribution is 0.624. The molecule has 1 aromatic rings. The SMILES string of the molecule is NC(N)=NC(N)=NCCn1cncn1. The summed E-state index contributed by atoms with van der Waals surface area (Å²) in [5.41, 5.74) is 15.6. The number of guanidine groups is 2. The van der Waals surface area contributed by atoms with Crippen LogP contribution >= 0.6 is 0 Å². The molecule has 8 heteroatoms. The quantitative estimate of drug-likeness (QED) is 0.375. The van der Waals surface area contributed by atoms with E-state index in [1.54, 1.807) is 11.0 Å². The zero-order valence-corrected chi connectivity index (χ0v) is 7.54. The molecule has 6 N–H and O–H groups in total. The second-order valence-corrected chi connectivity index (χ2v) is 2.44. The van der Waals surface area contributed by atoms with Crippen LogP contribution in [-0.2, 0) is 6.54 Å². The van der Waals surface area contributed by atoms with Gasteiger partial charge < -0.3 is 17.2 Å². The van der Waals surface area contributed by atoms with Crippen molar-refractivity contribution >= 4 is 11.9 Å². The zero-order chi connectivity index (χ0) is 10.4. The molecular formula is C6H12N8. The average molecular weight is 196 g/mol. The molecule has 76 valence electrons. The number of nitrogens with two attached hydrogens (primary N) is 3. The fourth-order valence-corrected chi connectivity index (χ4v) is 0.783. The highest BCUT2D eigenvalue weighted by atomic mass is 15.3. The van der Waals surface area contributed by atoms with E-state index in [0.29, 0.717) is 13.1 Å². The summed E-state index contributed by atoms with van der Waals surface area (Å²) in [6.45, 7) is 1.03. The van der Waals surface area contributed by atoms with Gasteiger partial charge in [-0.2, -0.15) is 10.1 Å². The van der Waals surface area contributed by atoms with Crippen molar-refractivity contribution in [3.8, 4) is 0 Å². The normalized spacial score (nSPS) is 11.3. The van der Waals surface area contributed by atoms with E-state index in [9.17, 15) is 0 Å². The summed E-state index contributed by atoms with van der Waals surface area (Å²) < 4.78 is 1.63. The van der Waals surface area contributed by atoms with Crippen molar-refractivity contribution in [2.45, 2.75) is 6.54 Å². The molecule has 8 nitrogen and oxygen atoms in total. The molecule has 0 aliphatic rings. The highest BCUT2D eigenvalue weighted by molar-refractivity contribution is 5.92. The topological polar surface area (TPSA) is 133 Å². The Labute approximate surface area is 80.5 Å². The van der Waals surface area contributed by atoms with Crippen LogP contribution in [0.25, 0.3) is 0 Å². The van der Waals surface area contributed by atoms with Crippen LogP contribution in [0.2, 0.25) is 0 Å². The standard InChI is InChI=1S/C6H12N8/c7-5(8)13-6(9)11-1-2-14-4-10-3-12-14/h3-4H,1-2H2,(H6,7,8,9,11,13). The van der Waals surface area contributed by atoms with Gasteiger partial charge in [0.25, 0.3) is 0 Å². The number of rotatable bonds is 3. The maximum absolute atomic E-state index is 5.37. The van der Waals surface area contributed by atoms with E-state index in [-0.39, 0.29) is 11.9 Å². The van der Waals surface area contributed by atoms with E-state index >= 15 is 0 Å². The Morgan fingerprint density at radius 3 is 2.71 bits per heavy atom. The Morgan fingerprint density at radius 1 is 1.36 bits per heavy atom. The van der Waals surface area contributed by atoms with Gasteiger partial charge in [-0.05, 0) is 0 Å². The Kier molecular flexibility index (Phi) is 3.41. The van der Waals surface area contributed by atoms with Crippen molar-refractivity contribution in [2.75, 3.05) is 6.54 Å². The van der Waals surface area contributed by atoms with Crippen molar-refractivity contribution in [2.24, 2.45) is 27.2 Å². The third-order valence-electron chi connectivity index (χ3n) is 1.31. The molecule has 0 saturated heterocycles. The van der Waals surface area contributed by atoms with Gasteiger partial charge in [0.2, 0.25) is 5.96 Å². The van der Waals surface area contributed by atoms with Crippen molar-refractivity contribution < 1.29 is 0 Å². The molecular weight excluding hydrogens is 184 g/mol. The van der Waals surface area contributed by atoms with E-state index in [1.807, 2.05) is 0 Å². The van der Waals surface area contributed by atoms with Gasteiger partial charge in [-0.3, -0.25) is 4.68 Å². The summed E-state index contributed by atoms with van der Waals surface area (Å²) in [6, 6.07) is 0. The predicted molar refractivity (Wildman–Crippen MR) is 52.3 cm³/mol. The molecule has 0 aromatic carbocycles. The third-order valence-corrected chi connectivity index (χ3v) is 1.31. The highest BCUT2D eigenvalue weighted by Gasteiger charge is 1.91. The van der Waals surface area contributed by atoms with E-state index in [0.717, 1.165) is 0 Å². The predicted octanol–water partition coefficient (Wildman–Crippen LogP) is -2.13. The van der Waals surface area contributed by atoms with E-state index in [4.69, 9.17) is 17.2 Å². The van der Waals surface area contributed by atoms with Gasteiger partial charge in [0.15, 0.2) is 5.96 Å². The van der Waals surface area contributed by atoms with Crippen molar-refractivity contribution in [3.05, 3.63) is 12.7 Å². The molecule has 0 spiro atoms. The molecule has 0 fully saturated rings.